The second kappa shape index (κ2) is 5.16. The zero-order valence-electron chi connectivity index (χ0n) is 13.2. The molecule has 0 unspecified atom stereocenters. The van der Waals surface area contributed by atoms with Crippen LogP contribution < -0.4 is 0 Å². The van der Waals surface area contributed by atoms with E-state index in [-0.39, 0.29) is 5.54 Å². The fraction of sp³-hybridized carbons (Fsp3) is 0.211. The SMILES string of the molecule is CC1(C)COC(c2cccc(-c3cccc4nccnc34)c2)=N1. The molecule has 0 bridgehead atoms. The highest BCUT2D eigenvalue weighted by molar-refractivity contribution is 5.98. The van der Waals surface area contributed by atoms with E-state index in [4.69, 9.17) is 4.74 Å². The third kappa shape index (κ3) is 2.57. The first-order valence-corrected chi connectivity index (χ1v) is 7.66. The fourth-order valence-electron chi connectivity index (χ4n) is 2.78. The zero-order valence-corrected chi connectivity index (χ0v) is 13.2. The van der Waals surface area contributed by atoms with Gasteiger partial charge in [-0.05, 0) is 37.6 Å². The minimum absolute atomic E-state index is 0.156. The molecule has 4 rings (SSSR count). The average molecular weight is 303 g/mol. The molecule has 0 atom stereocenters. The molecule has 0 fully saturated rings. The lowest BCUT2D eigenvalue weighted by Crippen LogP contribution is -2.17. The number of ether oxygens (including phenoxy) is 1. The molecule has 0 aliphatic carbocycles. The molecule has 0 N–H and O–H groups in total. The highest BCUT2D eigenvalue weighted by atomic mass is 16.5. The third-order valence-corrected chi connectivity index (χ3v) is 3.89. The van der Waals surface area contributed by atoms with Crippen molar-refractivity contribution in [2.75, 3.05) is 6.61 Å². The predicted molar refractivity (Wildman–Crippen MR) is 91.5 cm³/mol. The van der Waals surface area contributed by atoms with Crippen molar-refractivity contribution in [3.05, 3.63) is 60.4 Å². The van der Waals surface area contributed by atoms with E-state index in [9.17, 15) is 0 Å². The molecule has 0 radical (unpaired) electrons. The summed E-state index contributed by atoms with van der Waals surface area (Å²) in [5.74, 6) is 0.711. The molecular formula is C19H17N3O. The maximum absolute atomic E-state index is 5.75. The van der Waals surface area contributed by atoms with Crippen molar-refractivity contribution >= 4 is 16.9 Å². The van der Waals surface area contributed by atoms with Crippen LogP contribution >= 0.6 is 0 Å². The highest BCUT2D eigenvalue weighted by Gasteiger charge is 2.27. The van der Waals surface area contributed by atoms with E-state index in [1.54, 1.807) is 12.4 Å². The summed E-state index contributed by atoms with van der Waals surface area (Å²) in [4.78, 5) is 13.5. The van der Waals surface area contributed by atoms with Crippen LogP contribution in [-0.4, -0.2) is 28.0 Å². The maximum atomic E-state index is 5.75. The van der Waals surface area contributed by atoms with Gasteiger partial charge in [-0.15, -0.1) is 0 Å². The highest BCUT2D eigenvalue weighted by Crippen LogP contribution is 2.28. The van der Waals surface area contributed by atoms with Crippen LogP contribution in [0.4, 0.5) is 0 Å². The summed E-state index contributed by atoms with van der Waals surface area (Å²) in [6.45, 7) is 4.76. The first-order valence-electron chi connectivity index (χ1n) is 7.66. The van der Waals surface area contributed by atoms with Gasteiger partial charge in [-0.3, -0.25) is 9.97 Å². The molecule has 114 valence electrons. The summed E-state index contributed by atoms with van der Waals surface area (Å²) in [5, 5.41) is 0. The fourth-order valence-corrected chi connectivity index (χ4v) is 2.78. The van der Waals surface area contributed by atoms with Gasteiger partial charge in [0.15, 0.2) is 0 Å². The van der Waals surface area contributed by atoms with Gasteiger partial charge in [-0.2, -0.15) is 0 Å². The molecule has 1 aromatic heterocycles. The van der Waals surface area contributed by atoms with Crippen LogP contribution in [0.15, 0.2) is 59.9 Å². The van der Waals surface area contributed by atoms with Gasteiger partial charge in [0.05, 0.1) is 16.6 Å². The number of aromatic nitrogens is 2. The second-order valence-corrected chi connectivity index (χ2v) is 6.33. The molecule has 3 aromatic rings. The summed E-state index contributed by atoms with van der Waals surface area (Å²) in [6.07, 6.45) is 3.44. The molecule has 1 aliphatic rings. The molecule has 4 heteroatoms. The van der Waals surface area contributed by atoms with Gasteiger partial charge in [0.2, 0.25) is 5.90 Å². The minimum atomic E-state index is -0.156. The Morgan fingerprint density at radius 1 is 0.957 bits per heavy atom. The Hall–Kier alpha value is -2.75. The smallest absolute Gasteiger partial charge is 0.216 e. The average Bonchev–Trinajstić information content (AvgIpc) is 2.94. The molecule has 0 amide bonds. The number of hydrogen-bond acceptors (Lipinski definition) is 4. The lowest BCUT2D eigenvalue weighted by atomic mass is 10.0. The van der Waals surface area contributed by atoms with Gasteiger partial charge in [0.25, 0.3) is 0 Å². The largest absolute Gasteiger partial charge is 0.475 e. The molecule has 0 saturated carbocycles. The Labute approximate surface area is 134 Å². The lowest BCUT2D eigenvalue weighted by Gasteiger charge is -2.08. The summed E-state index contributed by atoms with van der Waals surface area (Å²) >= 11 is 0. The van der Waals surface area contributed by atoms with E-state index in [0.717, 1.165) is 27.7 Å². The summed E-state index contributed by atoms with van der Waals surface area (Å²) in [5.41, 5.74) is 4.79. The first kappa shape index (κ1) is 13.9. The quantitative estimate of drug-likeness (QED) is 0.722. The number of para-hydroxylation sites is 1. The number of benzene rings is 2. The van der Waals surface area contributed by atoms with Gasteiger partial charge < -0.3 is 4.74 Å². The number of hydrogen-bond donors (Lipinski definition) is 0. The summed E-state index contributed by atoms with van der Waals surface area (Å²) in [7, 11) is 0. The predicted octanol–water partition coefficient (Wildman–Crippen LogP) is 3.85. The van der Waals surface area contributed by atoms with Crippen LogP contribution in [0.2, 0.25) is 0 Å². The first-order chi connectivity index (χ1) is 11.1. The Balaban J connectivity index is 1.83. The zero-order chi connectivity index (χ0) is 15.9. The Kier molecular flexibility index (Phi) is 3.11. The molecule has 0 spiro atoms. The van der Waals surface area contributed by atoms with Crippen LogP contribution in [0.1, 0.15) is 19.4 Å². The number of aliphatic imine (C=N–C) groups is 1. The van der Waals surface area contributed by atoms with Gasteiger partial charge in [-0.25, -0.2) is 4.99 Å². The second-order valence-electron chi connectivity index (χ2n) is 6.33. The lowest BCUT2D eigenvalue weighted by molar-refractivity contribution is 0.279. The van der Waals surface area contributed by atoms with Crippen molar-refractivity contribution in [3.63, 3.8) is 0 Å². The van der Waals surface area contributed by atoms with Crippen molar-refractivity contribution in [3.8, 4) is 11.1 Å². The summed E-state index contributed by atoms with van der Waals surface area (Å²) < 4.78 is 5.75. The summed E-state index contributed by atoms with van der Waals surface area (Å²) in [6, 6.07) is 14.3. The molecule has 1 aliphatic heterocycles. The van der Waals surface area contributed by atoms with E-state index in [1.165, 1.54) is 0 Å². The van der Waals surface area contributed by atoms with Gasteiger partial charge in [0.1, 0.15) is 6.61 Å². The van der Waals surface area contributed by atoms with Gasteiger partial charge in [-0.1, -0.05) is 24.3 Å². The van der Waals surface area contributed by atoms with Crippen molar-refractivity contribution in [2.45, 2.75) is 19.4 Å². The monoisotopic (exact) mass is 303 g/mol. The van der Waals surface area contributed by atoms with Crippen LogP contribution in [0, 0.1) is 0 Å². The van der Waals surface area contributed by atoms with Crippen LogP contribution in [0.25, 0.3) is 22.2 Å². The van der Waals surface area contributed by atoms with Gasteiger partial charge >= 0.3 is 0 Å². The minimum Gasteiger partial charge on any atom is -0.475 e. The van der Waals surface area contributed by atoms with E-state index in [0.29, 0.717) is 12.5 Å². The van der Waals surface area contributed by atoms with Crippen molar-refractivity contribution in [2.24, 2.45) is 4.99 Å². The van der Waals surface area contributed by atoms with Crippen molar-refractivity contribution < 1.29 is 4.74 Å². The number of fused-ring (bicyclic) bond motifs is 1. The third-order valence-electron chi connectivity index (χ3n) is 3.89. The maximum Gasteiger partial charge on any atom is 0.216 e. The molecule has 0 saturated heterocycles. The normalized spacial score (nSPS) is 16.2. The topological polar surface area (TPSA) is 47.4 Å². The van der Waals surface area contributed by atoms with E-state index < -0.39 is 0 Å². The molecule has 23 heavy (non-hydrogen) atoms. The van der Waals surface area contributed by atoms with Gasteiger partial charge in [0, 0.05) is 23.5 Å². The number of nitrogens with zero attached hydrogens (tertiary/aromatic N) is 3. The standard InChI is InChI=1S/C19H17N3O/c1-19(2)12-23-18(22-19)14-6-3-5-13(11-14)15-7-4-8-16-17(15)21-10-9-20-16/h3-11H,12H2,1-2H3. The van der Waals surface area contributed by atoms with E-state index in [1.807, 2.05) is 24.3 Å². The van der Waals surface area contributed by atoms with E-state index in [2.05, 4.69) is 47.0 Å². The molecular weight excluding hydrogens is 286 g/mol. The Morgan fingerprint density at radius 3 is 2.57 bits per heavy atom. The van der Waals surface area contributed by atoms with Crippen LogP contribution in [0.5, 0.6) is 0 Å². The van der Waals surface area contributed by atoms with Crippen LogP contribution in [-0.2, 0) is 4.74 Å². The number of rotatable bonds is 2. The molecule has 4 nitrogen and oxygen atoms in total. The molecule has 2 aromatic carbocycles. The Morgan fingerprint density at radius 2 is 1.74 bits per heavy atom. The molecule has 2 heterocycles. The van der Waals surface area contributed by atoms with Crippen molar-refractivity contribution in [1.82, 2.24) is 9.97 Å². The van der Waals surface area contributed by atoms with E-state index >= 15 is 0 Å². The van der Waals surface area contributed by atoms with Crippen LogP contribution in [0.3, 0.4) is 0 Å². The Bertz CT molecular complexity index is 910. The van der Waals surface area contributed by atoms with Crippen molar-refractivity contribution in [1.29, 1.82) is 0 Å².